The third-order valence-electron chi connectivity index (χ3n) is 4.27. The van der Waals surface area contributed by atoms with Crippen molar-refractivity contribution in [3.63, 3.8) is 0 Å². The van der Waals surface area contributed by atoms with Crippen LogP contribution in [0.25, 0.3) is 0 Å². The third kappa shape index (κ3) is 3.64. The number of rotatable bonds is 5. The van der Waals surface area contributed by atoms with E-state index in [0.717, 1.165) is 32.5 Å². The highest BCUT2D eigenvalue weighted by Gasteiger charge is 2.21. The maximum atomic E-state index is 11.5. The van der Waals surface area contributed by atoms with E-state index < -0.39 is 0 Å². The molecule has 6 heteroatoms. The van der Waals surface area contributed by atoms with Gasteiger partial charge in [0.1, 0.15) is 0 Å². The van der Waals surface area contributed by atoms with Crippen molar-refractivity contribution in [3.05, 3.63) is 41.6 Å². The van der Waals surface area contributed by atoms with Gasteiger partial charge in [-0.2, -0.15) is 0 Å². The Balaban J connectivity index is 1.44. The quantitative estimate of drug-likeness (QED) is 0.806. The van der Waals surface area contributed by atoms with E-state index in [1.165, 1.54) is 10.2 Å². The minimum absolute atomic E-state index is 0.350. The Kier molecular flexibility index (Phi) is 4.70. The summed E-state index contributed by atoms with van der Waals surface area (Å²) in [7, 11) is 1.73. The minimum atomic E-state index is -0.350. The van der Waals surface area contributed by atoms with Crippen LogP contribution in [0.15, 0.2) is 34.9 Å². The van der Waals surface area contributed by atoms with E-state index in [1.54, 1.807) is 7.05 Å². The van der Waals surface area contributed by atoms with Gasteiger partial charge in [-0.3, -0.25) is 4.90 Å². The predicted octanol–water partition coefficient (Wildman–Crippen LogP) is 0.327. The predicted molar refractivity (Wildman–Crippen MR) is 78.7 cm³/mol. The molecule has 0 unspecified atom stereocenters. The first kappa shape index (κ1) is 15.0. The van der Waals surface area contributed by atoms with Gasteiger partial charge in [0.25, 0.3) is 0 Å². The fraction of sp³-hybridized carbons (Fsp3) is 0.500. The molecule has 0 amide bonds. The van der Waals surface area contributed by atoms with Crippen LogP contribution in [0.4, 0.5) is 0 Å². The van der Waals surface area contributed by atoms with Crippen LogP contribution in [0.3, 0.4) is 0 Å². The number of hydrogen-bond donors (Lipinski definition) is 1. The Hall–Kier alpha value is -1.92. The summed E-state index contributed by atoms with van der Waals surface area (Å²) in [5.41, 5.74) is 1.94. The van der Waals surface area contributed by atoms with Gasteiger partial charge < -0.3 is 14.9 Å². The van der Waals surface area contributed by atoms with Crippen molar-refractivity contribution in [2.45, 2.75) is 32.0 Å². The highest BCUT2D eigenvalue weighted by molar-refractivity contribution is 5.14. The molecule has 0 saturated carbocycles. The smallest absolute Gasteiger partial charge is 0.246 e. The summed E-state index contributed by atoms with van der Waals surface area (Å²) in [4.78, 5) is 2.48. The summed E-state index contributed by atoms with van der Waals surface area (Å²) < 4.78 is 6.13. The van der Waals surface area contributed by atoms with Crippen molar-refractivity contribution in [2.24, 2.45) is 7.05 Å². The number of aryl methyl sites for hydroxylation is 1. The van der Waals surface area contributed by atoms with Crippen LogP contribution in [0, 0.1) is 0 Å². The molecular weight excluding hydrogens is 280 g/mol. The van der Waals surface area contributed by atoms with E-state index in [1.807, 2.05) is 0 Å². The summed E-state index contributed by atoms with van der Waals surface area (Å²) >= 11 is 0. The van der Waals surface area contributed by atoms with Crippen LogP contribution in [0.2, 0.25) is 0 Å². The summed E-state index contributed by atoms with van der Waals surface area (Å²) in [5.74, 6) is -0.350. The van der Waals surface area contributed by atoms with Gasteiger partial charge >= 0.3 is 0 Å². The highest BCUT2D eigenvalue weighted by atomic mass is 16.6. The zero-order chi connectivity index (χ0) is 15.4. The average Bonchev–Trinajstić information content (AvgIpc) is 2.86. The molecule has 0 spiro atoms. The van der Waals surface area contributed by atoms with Gasteiger partial charge in [0.15, 0.2) is 13.0 Å². The van der Waals surface area contributed by atoms with Crippen LogP contribution in [0.5, 0.6) is 5.95 Å². The second kappa shape index (κ2) is 6.89. The molecule has 1 aromatic carbocycles. The molecule has 0 bridgehead atoms. The van der Waals surface area contributed by atoms with Crippen molar-refractivity contribution in [3.8, 4) is 5.95 Å². The molecule has 3 rings (SSSR count). The first-order chi connectivity index (χ1) is 10.7. The maximum absolute atomic E-state index is 11.5. The Morgan fingerprint density at radius 2 is 2.05 bits per heavy atom. The fourth-order valence-electron chi connectivity index (χ4n) is 2.90. The molecule has 6 nitrogen and oxygen atoms in total. The summed E-state index contributed by atoms with van der Waals surface area (Å²) in [6, 6.07) is 11.0. The summed E-state index contributed by atoms with van der Waals surface area (Å²) in [6.45, 7) is 3.68. The molecule has 22 heavy (non-hydrogen) atoms. The lowest BCUT2D eigenvalue weighted by atomic mass is 10.0. The standard InChI is InChI=1S/C16H22N4O2/c1-19-15(16(21)22-18-19)11-17-14-7-9-20(10-8-14)12-13-5-3-2-4-6-13/h2-6,14,17H,7-12H2,1H3. The van der Waals surface area contributed by atoms with E-state index >= 15 is 0 Å². The first-order valence-electron chi connectivity index (χ1n) is 7.74. The van der Waals surface area contributed by atoms with Crippen LogP contribution in [-0.4, -0.2) is 29.3 Å². The molecule has 1 fully saturated rings. The Morgan fingerprint density at radius 1 is 1.32 bits per heavy atom. The lowest BCUT2D eigenvalue weighted by molar-refractivity contribution is -0.746. The molecule has 1 aromatic heterocycles. The zero-order valence-electron chi connectivity index (χ0n) is 12.9. The molecule has 0 atom stereocenters. The van der Waals surface area contributed by atoms with Crippen LogP contribution in [-0.2, 0) is 20.1 Å². The highest BCUT2D eigenvalue weighted by Crippen LogP contribution is 2.15. The van der Waals surface area contributed by atoms with Gasteiger partial charge in [-0.05, 0) is 31.5 Å². The topological polar surface area (TPSA) is 68.2 Å². The van der Waals surface area contributed by atoms with Crippen LogP contribution >= 0.6 is 0 Å². The second-order valence-corrected chi connectivity index (χ2v) is 5.85. The number of benzene rings is 1. The summed E-state index contributed by atoms with van der Waals surface area (Å²) in [5, 5.41) is 18.5. The Labute approximate surface area is 130 Å². The van der Waals surface area contributed by atoms with E-state index in [-0.39, 0.29) is 5.95 Å². The van der Waals surface area contributed by atoms with Gasteiger partial charge in [0.2, 0.25) is 5.69 Å². The van der Waals surface area contributed by atoms with Gasteiger partial charge in [0.05, 0.1) is 11.8 Å². The SMILES string of the molecule is C[n+]1noc([O-])c1CNC1CCN(Cc2ccccc2)CC1. The fourth-order valence-corrected chi connectivity index (χ4v) is 2.90. The Morgan fingerprint density at radius 3 is 2.68 bits per heavy atom. The number of nitrogens with one attached hydrogen (secondary N) is 1. The molecule has 1 N–H and O–H groups in total. The molecule has 118 valence electrons. The lowest BCUT2D eigenvalue weighted by Gasteiger charge is -2.32. The Bertz CT molecular complexity index is 572. The molecule has 0 radical (unpaired) electrons. The zero-order valence-corrected chi connectivity index (χ0v) is 12.9. The van der Waals surface area contributed by atoms with Gasteiger partial charge in [0, 0.05) is 12.6 Å². The van der Waals surface area contributed by atoms with Crippen molar-refractivity contribution < 1.29 is 14.3 Å². The van der Waals surface area contributed by atoms with E-state index in [9.17, 15) is 5.11 Å². The number of hydrogen-bond acceptors (Lipinski definition) is 5. The van der Waals surface area contributed by atoms with Gasteiger partial charge in [-0.1, -0.05) is 35.0 Å². The second-order valence-electron chi connectivity index (χ2n) is 5.85. The summed E-state index contributed by atoms with van der Waals surface area (Å²) in [6.07, 6.45) is 2.19. The maximum Gasteiger partial charge on any atom is 0.246 e. The van der Waals surface area contributed by atoms with E-state index in [2.05, 4.69) is 50.3 Å². The lowest BCUT2D eigenvalue weighted by Crippen LogP contribution is -2.44. The average molecular weight is 302 g/mol. The van der Waals surface area contributed by atoms with Crippen molar-refractivity contribution in [2.75, 3.05) is 13.1 Å². The van der Waals surface area contributed by atoms with E-state index in [0.29, 0.717) is 18.3 Å². The first-order valence-corrected chi connectivity index (χ1v) is 7.74. The van der Waals surface area contributed by atoms with E-state index in [4.69, 9.17) is 0 Å². The van der Waals surface area contributed by atoms with Crippen LogP contribution in [0.1, 0.15) is 24.1 Å². The molecular formula is C16H22N4O2. The van der Waals surface area contributed by atoms with Gasteiger partial charge in [-0.15, -0.1) is 0 Å². The molecule has 1 aliphatic heterocycles. The minimum Gasteiger partial charge on any atom is -0.539 e. The van der Waals surface area contributed by atoms with Crippen LogP contribution < -0.4 is 15.1 Å². The van der Waals surface area contributed by atoms with Crippen molar-refractivity contribution in [1.29, 1.82) is 0 Å². The monoisotopic (exact) mass is 302 g/mol. The number of nitrogens with zero attached hydrogens (tertiary/aromatic N) is 3. The molecule has 1 saturated heterocycles. The molecule has 2 aromatic rings. The molecule has 0 aliphatic carbocycles. The van der Waals surface area contributed by atoms with Gasteiger partial charge in [-0.25, -0.2) is 0 Å². The molecule has 1 aliphatic rings. The van der Waals surface area contributed by atoms with Crippen molar-refractivity contribution in [1.82, 2.24) is 15.5 Å². The normalized spacial score (nSPS) is 17.0. The largest absolute Gasteiger partial charge is 0.539 e. The number of aromatic nitrogens is 2. The van der Waals surface area contributed by atoms with Crippen molar-refractivity contribution >= 4 is 0 Å². The third-order valence-corrected chi connectivity index (χ3v) is 4.27. The number of piperidine rings is 1. The molecule has 2 heterocycles. The number of likely N-dealkylation sites (tertiary alicyclic amines) is 1.